The van der Waals surface area contributed by atoms with E-state index in [1.807, 2.05) is 0 Å². The zero-order valence-electron chi connectivity index (χ0n) is 25.8. The van der Waals surface area contributed by atoms with Crippen molar-refractivity contribution in [3.63, 3.8) is 0 Å². The van der Waals surface area contributed by atoms with Gasteiger partial charge in [-0.25, -0.2) is 0 Å². The van der Waals surface area contributed by atoms with Crippen LogP contribution in [0.15, 0.2) is 35.2 Å². The average molecular weight is 613 g/mol. The van der Waals surface area contributed by atoms with Crippen LogP contribution in [0.1, 0.15) is 79.1 Å². The summed E-state index contributed by atoms with van der Waals surface area (Å²) in [6.45, 7) is 9.78. The minimum Gasteiger partial charge on any atom is -0.491 e. The summed E-state index contributed by atoms with van der Waals surface area (Å²) >= 11 is 0. The molecule has 0 aromatic heterocycles. The number of rotatable bonds is 23. The van der Waals surface area contributed by atoms with Crippen LogP contribution in [0.5, 0.6) is 11.5 Å². The van der Waals surface area contributed by atoms with Crippen LogP contribution in [-0.2, 0) is 19.6 Å². The summed E-state index contributed by atoms with van der Waals surface area (Å²) in [6.07, 6.45) is 7.02. The quantitative estimate of drug-likeness (QED) is 0.129. The van der Waals surface area contributed by atoms with Crippen LogP contribution < -0.4 is 9.47 Å². The molecule has 0 radical (unpaired) electrons. The smallest absolute Gasteiger partial charge is 0.298 e. The van der Waals surface area contributed by atoms with Crippen molar-refractivity contribution < 1.29 is 42.1 Å². The van der Waals surface area contributed by atoms with Crippen LogP contribution >= 0.6 is 0 Å². The second kappa shape index (κ2) is 19.4. The summed E-state index contributed by atoms with van der Waals surface area (Å²) in [4.78, 5) is -0.390. The van der Waals surface area contributed by atoms with Crippen LogP contribution in [0.2, 0.25) is 0 Å². The van der Waals surface area contributed by atoms with Crippen molar-refractivity contribution in [1.29, 1.82) is 0 Å². The molecule has 0 fully saturated rings. The molecule has 42 heavy (non-hydrogen) atoms. The van der Waals surface area contributed by atoms with Gasteiger partial charge in [0, 0.05) is 18.6 Å². The van der Waals surface area contributed by atoms with Gasteiger partial charge in [-0.3, -0.25) is 4.55 Å². The average Bonchev–Trinajstić information content (AvgIpc) is 2.97. The maximum absolute atomic E-state index is 12.1. The number of aliphatic hydroxyl groups is 2. The molecule has 0 amide bonds. The van der Waals surface area contributed by atoms with Gasteiger partial charge < -0.3 is 29.2 Å². The molecule has 0 aliphatic rings. The molecule has 4 atom stereocenters. The SMILES string of the molecule is CCCCC(CC)COCC(O)COc1ccc2c(OCC(O)COCC(CC)CCCC)c(S(=O)(=O)O)ccc2c1. The number of unbranched alkanes of at least 4 members (excludes halogenated alkanes) is 2. The first kappa shape index (κ1) is 36.2. The van der Waals surface area contributed by atoms with Gasteiger partial charge in [0.25, 0.3) is 10.1 Å². The highest BCUT2D eigenvalue weighted by Gasteiger charge is 2.21. The molecule has 3 N–H and O–H groups in total. The summed E-state index contributed by atoms with van der Waals surface area (Å²) in [5.41, 5.74) is 0. The third-order valence-electron chi connectivity index (χ3n) is 7.46. The summed E-state index contributed by atoms with van der Waals surface area (Å²) in [5, 5.41) is 21.8. The third-order valence-corrected chi connectivity index (χ3v) is 8.34. The Morgan fingerprint density at radius 3 is 1.76 bits per heavy atom. The minimum absolute atomic E-state index is 0.0350. The van der Waals surface area contributed by atoms with Crippen molar-refractivity contribution in [2.24, 2.45) is 11.8 Å². The number of hydrogen-bond donors (Lipinski definition) is 3. The van der Waals surface area contributed by atoms with E-state index in [2.05, 4.69) is 27.7 Å². The second-order valence-electron chi connectivity index (χ2n) is 11.1. The standard InChI is InChI=1S/C32H52O9S/c1-5-9-11-24(7-3)18-38-20-27(33)22-40-29-14-15-30-26(17-29)13-16-31(42(35,36)37)32(30)41-23-28(34)21-39-19-25(8-4)12-10-6-2/h13-17,24-25,27-28,33-34H,5-12,18-23H2,1-4H3,(H,35,36,37). The number of benzene rings is 2. The Labute approximate surface area is 252 Å². The molecular weight excluding hydrogens is 560 g/mol. The van der Waals surface area contributed by atoms with Gasteiger partial charge in [0.15, 0.2) is 0 Å². The Hall–Kier alpha value is -1.95. The molecule has 0 heterocycles. The van der Waals surface area contributed by atoms with Crippen LogP contribution in [0.25, 0.3) is 10.8 Å². The van der Waals surface area contributed by atoms with Crippen molar-refractivity contribution in [3.8, 4) is 11.5 Å². The lowest BCUT2D eigenvalue weighted by Crippen LogP contribution is -2.25. The summed E-state index contributed by atoms with van der Waals surface area (Å²) in [7, 11) is -4.58. The summed E-state index contributed by atoms with van der Waals surface area (Å²) in [5.74, 6) is 1.33. The van der Waals surface area contributed by atoms with E-state index in [0.29, 0.717) is 41.6 Å². The Kier molecular flexibility index (Phi) is 16.7. The number of hydrogen-bond acceptors (Lipinski definition) is 8. The molecular formula is C32H52O9S. The number of ether oxygens (including phenoxy) is 4. The molecule has 2 rings (SSSR count). The van der Waals surface area contributed by atoms with Gasteiger partial charge in [-0.2, -0.15) is 8.42 Å². The van der Waals surface area contributed by atoms with Crippen molar-refractivity contribution in [3.05, 3.63) is 30.3 Å². The maximum atomic E-state index is 12.1. The van der Waals surface area contributed by atoms with Gasteiger partial charge in [0.05, 0.1) is 13.2 Å². The van der Waals surface area contributed by atoms with E-state index >= 15 is 0 Å². The largest absolute Gasteiger partial charge is 0.491 e. The van der Waals surface area contributed by atoms with Crippen LogP contribution in [0, 0.1) is 11.8 Å². The van der Waals surface area contributed by atoms with E-state index in [4.69, 9.17) is 18.9 Å². The van der Waals surface area contributed by atoms with Crippen LogP contribution in [-0.4, -0.2) is 75.0 Å². The summed E-state index contributed by atoms with van der Waals surface area (Å²) in [6, 6.07) is 7.75. The summed E-state index contributed by atoms with van der Waals surface area (Å²) < 4.78 is 56.9. The van der Waals surface area contributed by atoms with Crippen LogP contribution in [0.3, 0.4) is 0 Å². The molecule has 0 aliphatic carbocycles. The lowest BCUT2D eigenvalue weighted by Gasteiger charge is -2.19. The second-order valence-corrected chi connectivity index (χ2v) is 12.5. The Balaban J connectivity index is 2.00. The fraction of sp³-hybridized carbons (Fsp3) is 0.688. The zero-order chi connectivity index (χ0) is 31.0. The minimum atomic E-state index is -4.58. The normalized spacial score (nSPS) is 14.9. The first-order chi connectivity index (χ1) is 20.1. The molecule has 0 saturated heterocycles. The fourth-order valence-electron chi connectivity index (χ4n) is 4.71. The van der Waals surface area contributed by atoms with E-state index in [1.165, 1.54) is 12.5 Å². The highest BCUT2D eigenvalue weighted by molar-refractivity contribution is 7.86. The Morgan fingerprint density at radius 1 is 0.714 bits per heavy atom. The molecule has 240 valence electrons. The highest BCUT2D eigenvalue weighted by Crippen LogP contribution is 2.35. The predicted molar refractivity (Wildman–Crippen MR) is 165 cm³/mol. The van der Waals surface area contributed by atoms with Crippen LogP contribution in [0.4, 0.5) is 0 Å². The van der Waals surface area contributed by atoms with Gasteiger partial charge in [-0.15, -0.1) is 0 Å². The molecule has 0 saturated carbocycles. The topological polar surface area (TPSA) is 132 Å². The molecule has 0 aliphatic heterocycles. The van der Waals surface area contributed by atoms with Gasteiger partial charge in [-0.1, -0.05) is 72.3 Å². The lowest BCUT2D eigenvalue weighted by molar-refractivity contribution is -0.00134. The first-order valence-corrected chi connectivity index (χ1v) is 16.9. The van der Waals surface area contributed by atoms with E-state index in [0.717, 1.165) is 44.9 Å². The molecule has 0 bridgehead atoms. The molecule has 0 spiro atoms. The third kappa shape index (κ3) is 12.7. The van der Waals surface area contributed by atoms with Gasteiger partial charge in [0.2, 0.25) is 0 Å². The van der Waals surface area contributed by atoms with Gasteiger partial charge in [-0.05, 0) is 54.3 Å². The van der Waals surface area contributed by atoms with E-state index in [-0.39, 0.29) is 37.1 Å². The Morgan fingerprint density at radius 2 is 1.26 bits per heavy atom. The predicted octanol–water partition coefficient (Wildman–Crippen LogP) is 6.03. The molecule has 2 aromatic carbocycles. The number of aliphatic hydroxyl groups excluding tert-OH is 2. The van der Waals surface area contributed by atoms with Crippen molar-refractivity contribution in [2.45, 2.75) is 96.2 Å². The lowest BCUT2D eigenvalue weighted by atomic mass is 10.0. The van der Waals surface area contributed by atoms with Gasteiger partial charge >= 0.3 is 0 Å². The fourth-order valence-corrected chi connectivity index (χ4v) is 5.35. The molecule has 4 unspecified atom stereocenters. The molecule has 10 heteroatoms. The monoisotopic (exact) mass is 612 g/mol. The molecule has 2 aromatic rings. The van der Waals surface area contributed by atoms with Crippen molar-refractivity contribution >= 4 is 20.9 Å². The van der Waals surface area contributed by atoms with E-state index in [1.54, 1.807) is 24.3 Å². The number of fused-ring (bicyclic) bond motifs is 1. The highest BCUT2D eigenvalue weighted by atomic mass is 32.2. The van der Waals surface area contributed by atoms with E-state index < -0.39 is 22.3 Å². The first-order valence-electron chi connectivity index (χ1n) is 15.4. The van der Waals surface area contributed by atoms with Crippen molar-refractivity contribution in [1.82, 2.24) is 0 Å². The molecule has 9 nitrogen and oxygen atoms in total. The van der Waals surface area contributed by atoms with Crippen molar-refractivity contribution in [2.75, 3.05) is 39.6 Å². The van der Waals surface area contributed by atoms with Gasteiger partial charge in [0.1, 0.15) is 41.8 Å². The maximum Gasteiger partial charge on any atom is 0.298 e. The zero-order valence-corrected chi connectivity index (χ0v) is 26.6. The Bertz CT molecular complexity index is 1140. The van der Waals surface area contributed by atoms with E-state index in [9.17, 15) is 23.2 Å².